The molecule has 1 amide bonds. The van der Waals surface area contributed by atoms with Gasteiger partial charge in [0.2, 0.25) is 0 Å². The highest BCUT2D eigenvalue weighted by Crippen LogP contribution is 2.30. The van der Waals surface area contributed by atoms with Crippen LogP contribution in [-0.2, 0) is 9.53 Å². The number of alkyl carbamates (subject to hydrolysis) is 1. The summed E-state index contributed by atoms with van der Waals surface area (Å²) in [7, 11) is 0. The minimum atomic E-state index is -0.932. The molecule has 112 valence electrons. The van der Waals surface area contributed by atoms with Crippen molar-refractivity contribution in [3.63, 3.8) is 0 Å². The molecule has 19 heavy (non-hydrogen) atoms. The summed E-state index contributed by atoms with van der Waals surface area (Å²) in [5, 5.41) is 11.9. The molecule has 0 radical (unpaired) electrons. The summed E-state index contributed by atoms with van der Waals surface area (Å²) in [6, 6.07) is 0. The van der Waals surface area contributed by atoms with E-state index in [-0.39, 0.29) is 18.3 Å². The van der Waals surface area contributed by atoms with E-state index in [1.54, 1.807) is 20.8 Å². The van der Waals surface area contributed by atoms with Crippen LogP contribution in [0.1, 0.15) is 54.9 Å². The second kappa shape index (κ2) is 6.26. The van der Waals surface area contributed by atoms with Gasteiger partial charge in [-0.1, -0.05) is 27.7 Å². The van der Waals surface area contributed by atoms with E-state index in [9.17, 15) is 9.59 Å². The molecular formula is C14H27NO4. The van der Waals surface area contributed by atoms with Crippen LogP contribution in [0.5, 0.6) is 0 Å². The predicted molar refractivity (Wildman–Crippen MR) is 74.0 cm³/mol. The maximum Gasteiger partial charge on any atom is 0.408 e. The van der Waals surface area contributed by atoms with Crippen LogP contribution >= 0.6 is 0 Å². The zero-order valence-corrected chi connectivity index (χ0v) is 13.0. The molecule has 0 aliphatic rings. The number of carboxylic acid groups (broad SMARTS) is 1. The molecule has 2 N–H and O–H groups in total. The van der Waals surface area contributed by atoms with E-state index >= 15 is 0 Å². The van der Waals surface area contributed by atoms with Crippen molar-refractivity contribution in [1.29, 1.82) is 0 Å². The molecule has 0 unspecified atom stereocenters. The molecule has 0 spiro atoms. The molecule has 5 nitrogen and oxygen atoms in total. The van der Waals surface area contributed by atoms with Gasteiger partial charge in [0.25, 0.3) is 0 Å². The first kappa shape index (κ1) is 17.7. The summed E-state index contributed by atoms with van der Waals surface area (Å²) in [6.07, 6.45) is -0.696. The van der Waals surface area contributed by atoms with Crippen LogP contribution in [0, 0.1) is 11.8 Å². The van der Waals surface area contributed by atoms with Crippen LogP contribution in [0.3, 0.4) is 0 Å². The summed E-state index contributed by atoms with van der Waals surface area (Å²) < 4.78 is 5.23. The van der Waals surface area contributed by atoms with E-state index in [2.05, 4.69) is 5.32 Å². The van der Waals surface area contributed by atoms with Gasteiger partial charge in [-0.15, -0.1) is 0 Å². The number of amides is 1. The summed E-state index contributed by atoms with van der Waals surface area (Å²) in [5.41, 5.74) is -1.42. The Labute approximate surface area is 115 Å². The van der Waals surface area contributed by atoms with Gasteiger partial charge < -0.3 is 15.2 Å². The Morgan fingerprint density at radius 3 is 1.79 bits per heavy atom. The molecule has 0 saturated heterocycles. The van der Waals surface area contributed by atoms with E-state index in [1.165, 1.54) is 0 Å². The van der Waals surface area contributed by atoms with Crippen molar-refractivity contribution in [3.8, 4) is 0 Å². The highest BCUT2D eigenvalue weighted by Gasteiger charge is 2.41. The number of nitrogens with one attached hydrogen (secondary N) is 1. The van der Waals surface area contributed by atoms with Gasteiger partial charge in [-0.05, 0) is 32.6 Å². The van der Waals surface area contributed by atoms with Crippen LogP contribution in [0.25, 0.3) is 0 Å². The second-order valence-corrected chi connectivity index (χ2v) is 6.55. The Bertz CT molecular complexity index is 321. The van der Waals surface area contributed by atoms with Crippen LogP contribution < -0.4 is 5.32 Å². The molecule has 0 fully saturated rings. The quantitative estimate of drug-likeness (QED) is 0.807. The highest BCUT2D eigenvalue weighted by atomic mass is 16.6. The third-order valence-electron chi connectivity index (χ3n) is 3.24. The lowest BCUT2D eigenvalue weighted by Gasteiger charge is -2.41. The number of hydrogen-bond donors (Lipinski definition) is 2. The van der Waals surface area contributed by atoms with Gasteiger partial charge in [0.15, 0.2) is 0 Å². The Morgan fingerprint density at radius 1 is 1.11 bits per heavy atom. The lowest BCUT2D eigenvalue weighted by atomic mass is 9.74. The van der Waals surface area contributed by atoms with Gasteiger partial charge in [0.1, 0.15) is 5.60 Å². The number of carbonyl (C=O) groups is 2. The van der Waals surface area contributed by atoms with Crippen LogP contribution in [0.4, 0.5) is 4.79 Å². The normalized spacial score (nSPS) is 12.7. The van der Waals surface area contributed by atoms with Crippen molar-refractivity contribution in [2.75, 3.05) is 0 Å². The van der Waals surface area contributed by atoms with Crippen molar-refractivity contribution >= 4 is 12.1 Å². The molecule has 0 rings (SSSR count). The van der Waals surface area contributed by atoms with Crippen molar-refractivity contribution < 1.29 is 19.4 Å². The lowest BCUT2D eigenvalue weighted by Crippen LogP contribution is -2.58. The molecule has 0 saturated carbocycles. The van der Waals surface area contributed by atoms with Crippen LogP contribution in [0.2, 0.25) is 0 Å². The van der Waals surface area contributed by atoms with E-state index in [1.807, 2.05) is 27.7 Å². The number of carbonyl (C=O) groups excluding carboxylic acids is 1. The van der Waals surface area contributed by atoms with Gasteiger partial charge >= 0.3 is 12.1 Å². The van der Waals surface area contributed by atoms with Gasteiger partial charge in [-0.3, -0.25) is 4.79 Å². The maximum absolute atomic E-state index is 11.9. The molecule has 0 aromatic rings. The summed E-state index contributed by atoms with van der Waals surface area (Å²) in [5.74, 6) is -0.967. The van der Waals surface area contributed by atoms with Crippen molar-refractivity contribution in [2.24, 2.45) is 11.8 Å². The molecule has 0 heterocycles. The standard InChI is InChI=1S/C14H27NO4/c1-9(2)14(10(3)4,8-11(16)17)15-12(18)19-13(5,6)7/h9-10H,8H2,1-7H3,(H,15,18)(H,16,17). The minimum Gasteiger partial charge on any atom is -0.481 e. The zero-order chi connectivity index (χ0) is 15.4. The second-order valence-electron chi connectivity index (χ2n) is 6.55. The summed E-state index contributed by atoms with van der Waals surface area (Å²) in [6.45, 7) is 12.9. The smallest absolute Gasteiger partial charge is 0.408 e. The molecule has 0 aromatic carbocycles. The first-order valence-corrected chi connectivity index (χ1v) is 6.63. The van der Waals surface area contributed by atoms with E-state index in [4.69, 9.17) is 9.84 Å². The number of ether oxygens (including phenoxy) is 1. The van der Waals surface area contributed by atoms with E-state index in [0.717, 1.165) is 0 Å². The van der Waals surface area contributed by atoms with Gasteiger partial charge in [-0.2, -0.15) is 0 Å². The van der Waals surface area contributed by atoms with Gasteiger partial charge in [0, 0.05) is 0 Å². The number of hydrogen-bond acceptors (Lipinski definition) is 3. The summed E-state index contributed by atoms with van der Waals surface area (Å²) in [4.78, 5) is 23.0. The maximum atomic E-state index is 11.9. The Kier molecular flexibility index (Phi) is 5.84. The first-order valence-electron chi connectivity index (χ1n) is 6.63. The average molecular weight is 273 g/mol. The number of aliphatic carboxylic acids is 1. The molecule has 5 heteroatoms. The van der Waals surface area contributed by atoms with Crippen molar-refractivity contribution in [2.45, 2.75) is 66.0 Å². The molecule has 0 aliphatic heterocycles. The number of rotatable bonds is 5. The monoisotopic (exact) mass is 273 g/mol. The molecule has 0 aromatic heterocycles. The SMILES string of the molecule is CC(C)C(CC(=O)O)(NC(=O)OC(C)(C)C)C(C)C. The first-order chi connectivity index (χ1) is 8.40. The summed E-state index contributed by atoms with van der Waals surface area (Å²) >= 11 is 0. The average Bonchev–Trinajstić information content (AvgIpc) is 2.11. The Hall–Kier alpha value is -1.26. The van der Waals surface area contributed by atoms with Crippen molar-refractivity contribution in [1.82, 2.24) is 5.32 Å². The predicted octanol–water partition coefficient (Wildman–Crippen LogP) is 3.04. The van der Waals surface area contributed by atoms with Gasteiger partial charge in [0.05, 0.1) is 12.0 Å². The molecule has 0 bridgehead atoms. The van der Waals surface area contributed by atoms with E-state index < -0.39 is 23.2 Å². The fourth-order valence-corrected chi connectivity index (χ4v) is 2.15. The van der Waals surface area contributed by atoms with Gasteiger partial charge in [-0.25, -0.2) is 4.79 Å². The number of carboxylic acids is 1. The topological polar surface area (TPSA) is 75.6 Å². The van der Waals surface area contributed by atoms with Crippen molar-refractivity contribution in [3.05, 3.63) is 0 Å². The lowest BCUT2D eigenvalue weighted by molar-refractivity contribution is -0.139. The van der Waals surface area contributed by atoms with Crippen LogP contribution in [0.15, 0.2) is 0 Å². The minimum absolute atomic E-state index is 0.0175. The molecule has 0 atom stereocenters. The molecular weight excluding hydrogens is 246 g/mol. The van der Waals surface area contributed by atoms with Crippen LogP contribution in [-0.4, -0.2) is 28.3 Å². The third kappa shape index (κ3) is 5.49. The fraction of sp³-hybridized carbons (Fsp3) is 0.857. The largest absolute Gasteiger partial charge is 0.481 e. The molecule has 0 aliphatic carbocycles. The fourth-order valence-electron chi connectivity index (χ4n) is 2.15. The zero-order valence-electron chi connectivity index (χ0n) is 13.0. The third-order valence-corrected chi connectivity index (χ3v) is 3.24. The Morgan fingerprint density at radius 2 is 1.53 bits per heavy atom. The Balaban J connectivity index is 5.15. The van der Waals surface area contributed by atoms with E-state index in [0.29, 0.717) is 0 Å². The highest BCUT2D eigenvalue weighted by molar-refractivity contribution is 5.73.